The van der Waals surface area contributed by atoms with Crippen LogP contribution in [-0.2, 0) is 0 Å². The van der Waals surface area contributed by atoms with Crippen molar-refractivity contribution in [3.63, 3.8) is 0 Å². The van der Waals surface area contributed by atoms with Gasteiger partial charge in [0.25, 0.3) is 0 Å². The van der Waals surface area contributed by atoms with E-state index in [-0.39, 0.29) is 5.75 Å². The predicted molar refractivity (Wildman–Crippen MR) is 62.0 cm³/mol. The van der Waals surface area contributed by atoms with Crippen LogP contribution in [0.15, 0.2) is 36.4 Å². The van der Waals surface area contributed by atoms with Gasteiger partial charge in [0.2, 0.25) is 5.82 Å². The van der Waals surface area contributed by atoms with Gasteiger partial charge in [-0.2, -0.15) is 4.39 Å². The number of aryl methyl sites for hydroxylation is 1. The Labute approximate surface area is 97.6 Å². The maximum atomic E-state index is 13.4. The fraction of sp³-hybridized carbons (Fsp3) is 0.0769. The first kappa shape index (κ1) is 11.4. The topological polar surface area (TPSA) is 35.2 Å². The van der Waals surface area contributed by atoms with Gasteiger partial charge in [-0.15, -0.1) is 0 Å². The summed E-state index contributed by atoms with van der Waals surface area (Å²) in [7, 11) is 0. The summed E-state index contributed by atoms with van der Waals surface area (Å²) in [5, 5.41) is 0. The van der Waals surface area contributed by atoms with E-state index in [2.05, 4.69) is 0 Å². The molecule has 0 aromatic heterocycles. The van der Waals surface area contributed by atoms with Crippen LogP contribution in [-0.4, -0.2) is 0 Å². The van der Waals surface area contributed by atoms with E-state index in [9.17, 15) is 8.78 Å². The van der Waals surface area contributed by atoms with Gasteiger partial charge in [-0.1, -0.05) is 12.1 Å². The van der Waals surface area contributed by atoms with Crippen molar-refractivity contribution in [3.8, 4) is 11.5 Å². The zero-order chi connectivity index (χ0) is 12.4. The Morgan fingerprint density at radius 3 is 2.53 bits per heavy atom. The highest BCUT2D eigenvalue weighted by Crippen LogP contribution is 2.30. The molecule has 0 aliphatic rings. The first-order chi connectivity index (χ1) is 8.08. The zero-order valence-electron chi connectivity index (χ0n) is 9.21. The number of hydrogen-bond donors (Lipinski definition) is 1. The molecule has 0 saturated heterocycles. The van der Waals surface area contributed by atoms with Crippen LogP contribution < -0.4 is 10.5 Å². The van der Waals surface area contributed by atoms with E-state index in [1.165, 1.54) is 12.1 Å². The number of halogens is 2. The van der Waals surface area contributed by atoms with Crippen LogP contribution in [0.3, 0.4) is 0 Å². The zero-order valence-corrected chi connectivity index (χ0v) is 9.21. The van der Waals surface area contributed by atoms with Crippen molar-refractivity contribution in [2.45, 2.75) is 6.92 Å². The molecule has 0 aliphatic carbocycles. The molecule has 0 aliphatic heterocycles. The molecule has 0 atom stereocenters. The normalized spacial score (nSPS) is 10.3. The molecule has 2 aromatic rings. The van der Waals surface area contributed by atoms with Crippen molar-refractivity contribution in [2.24, 2.45) is 0 Å². The third kappa shape index (κ3) is 2.36. The molecule has 0 amide bonds. The summed E-state index contributed by atoms with van der Waals surface area (Å²) in [6.45, 7) is 1.88. The second-order valence-corrected chi connectivity index (χ2v) is 3.70. The van der Waals surface area contributed by atoms with E-state index in [0.717, 1.165) is 11.6 Å². The van der Waals surface area contributed by atoms with Gasteiger partial charge in [-0.05, 0) is 36.8 Å². The quantitative estimate of drug-likeness (QED) is 0.806. The molecule has 0 spiro atoms. The molecule has 2 N–H and O–H groups in total. The summed E-state index contributed by atoms with van der Waals surface area (Å²) in [4.78, 5) is 0. The Hall–Kier alpha value is -2.10. The van der Waals surface area contributed by atoms with Crippen LogP contribution in [0.5, 0.6) is 11.5 Å². The first-order valence-corrected chi connectivity index (χ1v) is 5.06. The smallest absolute Gasteiger partial charge is 0.201 e. The molecule has 4 heteroatoms. The van der Waals surface area contributed by atoms with E-state index in [4.69, 9.17) is 10.5 Å². The molecule has 88 valence electrons. The maximum Gasteiger partial charge on any atom is 0.201 e. The average Bonchev–Trinajstić information content (AvgIpc) is 2.28. The number of nitrogen functional groups attached to an aromatic ring is 1. The summed E-state index contributed by atoms with van der Waals surface area (Å²) < 4.78 is 31.6. The Bertz CT molecular complexity index is 555. The van der Waals surface area contributed by atoms with Crippen LogP contribution in [0.2, 0.25) is 0 Å². The van der Waals surface area contributed by atoms with Crippen LogP contribution in [0.25, 0.3) is 0 Å². The summed E-state index contributed by atoms with van der Waals surface area (Å²) in [5.41, 5.74) is 7.07. The van der Waals surface area contributed by atoms with E-state index >= 15 is 0 Å². The minimum atomic E-state index is -1.02. The standard InChI is InChI=1S/C13H11F2NO/c1-8-5-6-11(10(16)7-8)17-12-4-2-3-9(14)13(12)15/h2-7H,16H2,1H3. The van der Waals surface area contributed by atoms with Gasteiger partial charge < -0.3 is 10.5 Å². The van der Waals surface area contributed by atoms with Crippen molar-refractivity contribution in [1.82, 2.24) is 0 Å². The number of rotatable bonds is 2. The van der Waals surface area contributed by atoms with Crippen LogP contribution in [0.1, 0.15) is 5.56 Å². The molecule has 0 radical (unpaired) electrons. The fourth-order valence-electron chi connectivity index (χ4n) is 1.44. The summed E-state index contributed by atoms with van der Waals surface area (Å²) in [6.07, 6.45) is 0. The van der Waals surface area contributed by atoms with Gasteiger partial charge in [0.15, 0.2) is 11.6 Å². The van der Waals surface area contributed by atoms with Crippen molar-refractivity contribution in [2.75, 3.05) is 5.73 Å². The number of anilines is 1. The summed E-state index contributed by atoms with van der Waals surface area (Å²) >= 11 is 0. The second kappa shape index (κ2) is 4.41. The van der Waals surface area contributed by atoms with Crippen LogP contribution in [0.4, 0.5) is 14.5 Å². The second-order valence-electron chi connectivity index (χ2n) is 3.70. The molecule has 0 saturated carbocycles. The Balaban J connectivity index is 2.35. The Morgan fingerprint density at radius 2 is 1.82 bits per heavy atom. The molecule has 0 heterocycles. The highest BCUT2D eigenvalue weighted by atomic mass is 19.2. The predicted octanol–water partition coefficient (Wildman–Crippen LogP) is 3.65. The minimum absolute atomic E-state index is 0.180. The van der Waals surface area contributed by atoms with Gasteiger partial charge in [0.1, 0.15) is 5.75 Å². The molecule has 0 bridgehead atoms. The lowest BCUT2D eigenvalue weighted by Gasteiger charge is -2.09. The molecule has 2 nitrogen and oxygen atoms in total. The van der Waals surface area contributed by atoms with E-state index < -0.39 is 11.6 Å². The summed E-state index contributed by atoms with van der Waals surface area (Å²) in [6, 6.07) is 8.85. The van der Waals surface area contributed by atoms with Gasteiger partial charge in [0.05, 0.1) is 5.69 Å². The number of nitrogens with two attached hydrogens (primary N) is 1. The molecular formula is C13H11F2NO. The number of hydrogen-bond acceptors (Lipinski definition) is 2. The molecule has 0 unspecified atom stereocenters. The van der Waals surface area contributed by atoms with Gasteiger partial charge in [-0.25, -0.2) is 4.39 Å². The summed E-state index contributed by atoms with van der Waals surface area (Å²) in [5.74, 6) is -1.85. The molecule has 2 aromatic carbocycles. The Morgan fingerprint density at radius 1 is 1.06 bits per heavy atom. The third-order valence-electron chi connectivity index (χ3n) is 2.30. The molecular weight excluding hydrogens is 224 g/mol. The van der Waals surface area contributed by atoms with Gasteiger partial charge in [-0.3, -0.25) is 0 Å². The van der Waals surface area contributed by atoms with Crippen LogP contribution >= 0.6 is 0 Å². The lowest BCUT2D eigenvalue weighted by atomic mass is 10.2. The average molecular weight is 235 g/mol. The molecule has 0 fully saturated rings. The monoisotopic (exact) mass is 235 g/mol. The number of benzene rings is 2. The lowest BCUT2D eigenvalue weighted by molar-refractivity contribution is 0.417. The van der Waals surface area contributed by atoms with E-state index in [1.807, 2.05) is 6.92 Å². The largest absolute Gasteiger partial charge is 0.452 e. The van der Waals surface area contributed by atoms with Crippen molar-refractivity contribution < 1.29 is 13.5 Å². The fourth-order valence-corrected chi connectivity index (χ4v) is 1.44. The highest BCUT2D eigenvalue weighted by molar-refractivity contribution is 5.55. The van der Waals surface area contributed by atoms with E-state index in [0.29, 0.717) is 11.4 Å². The van der Waals surface area contributed by atoms with Gasteiger partial charge in [0, 0.05) is 0 Å². The van der Waals surface area contributed by atoms with Crippen molar-refractivity contribution in [3.05, 3.63) is 53.6 Å². The molecule has 2 rings (SSSR count). The first-order valence-electron chi connectivity index (χ1n) is 5.06. The Kier molecular flexibility index (Phi) is 2.95. The SMILES string of the molecule is Cc1ccc(Oc2cccc(F)c2F)c(N)c1. The van der Waals surface area contributed by atoms with Gasteiger partial charge >= 0.3 is 0 Å². The highest BCUT2D eigenvalue weighted by Gasteiger charge is 2.10. The third-order valence-corrected chi connectivity index (χ3v) is 2.30. The molecule has 17 heavy (non-hydrogen) atoms. The van der Waals surface area contributed by atoms with Crippen LogP contribution in [0, 0.1) is 18.6 Å². The van der Waals surface area contributed by atoms with Crippen molar-refractivity contribution >= 4 is 5.69 Å². The maximum absolute atomic E-state index is 13.4. The van der Waals surface area contributed by atoms with Crippen molar-refractivity contribution in [1.29, 1.82) is 0 Å². The lowest BCUT2D eigenvalue weighted by Crippen LogP contribution is -1.95. The minimum Gasteiger partial charge on any atom is -0.452 e. The number of ether oxygens (including phenoxy) is 1. The van der Waals surface area contributed by atoms with E-state index in [1.54, 1.807) is 18.2 Å².